The van der Waals surface area contributed by atoms with Gasteiger partial charge in [0.25, 0.3) is 0 Å². The smallest absolute Gasteiger partial charge is 0.356 e. The molecule has 224 valence electrons. The number of esters is 1. The lowest BCUT2D eigenvalue weighted by Crippen LogP contribution is -2.63. The van der Waals surface area contributed by atoms with Crippen LogP contribution in [0.5, 0.6) is 0 Å². The first-order valence-corrected chi connectivity index (χ1v) is 16.0. The number of anilines is 1. The monoisotopic (exact) mass is 647 g/mol. The SMILES string of the molecule is CO/N=C(\C(=O)C[C@@H]1C(=O)N2C(C(=O)OC(c3ccccc3)c3ccccc3)=C(Sc3nncs3)CC[C@H]12)c1nsc(N)n1. The molecule has 12 nitrogen and oxygen atoms in total. The third-order valence-electron chi connectivity index (χ3n) is 7.20. The lowest BCUT2D eigenvalue weighted by molar-refractivity contribution is -0.162. The topological polar surface area (TPSA) is 163 Å². The number of nitrogen functional groups attached to an aromatic ring is 1. The number of oxime groups is 1. The summed E-state index contributed by atoms with van der Waals surface area (Å²) in [6.45, 7) is 0. The molecule has 0 saturated carbocycles. The summed E-state index contributed by atoms with van der Waals surface area (Å²) < 4.78 is 10.9. The van der Waals surface area contributed by atoms with Crippen LogP contribution in [0.2, 0.25) is 0 Å². The Labute approximate surface area is 264 Å². The van der Waals surface area contributed by atoms with Crippen molar-refractivity contribution in [2.75, 3.05) is 12.8 Å². The first kappa shape index (κ1) is 29.6. The van der Waals surface area contributed by atoms with Crippen LogP contribution in [-0.2, 0) is 24.0 Å². The Balaban J connectivity index is 1.29. The number of ketones is 1. The normalized spacial score (nSPS) is 18.2. The molecule has 0 unspecified atom stereocenters. The Morgan fingerprint density at radius 3 is 2.43 bits per heavy atom. The molecule has 2 aliphatic heterocycles. The van der Waals surface area contributed by atoms with Crippen LogP contribution in [0.4, 0.5) is 5.13 Å². The van der Waals surface area contributed by atoms with E-state index in [1.54, 1.807) is 5.51 Å². The Hall–Kier alpha value is -4.47. The lowest BCUT2D eigenvalue weighted by Gasteiger charge is -2.50. The van der Waals surface area contributed by atoms with E-state index in [1.165, 1.54) is 35.1 Å². The van der Waals surface area contributed by atoms with Crippen LogP contribution in [0.1, 0.15) is 42.3 Å². The van der Waals surface area contributed by atoms with Crippen LogP contribution < -0.4 is 5.73 Å². The number of nitrogens with two attached hydrogens (primary N) is 1. The summed E-state index contributed by atoms with van der Waals surface area (Å²) in [6, 6.07) is 18.5. The highest BCUT2D eigenvalue weighted by Gasteiger charge is 2.54. The van der Waals surface area contributed by atoms with E-state index >= 15 is 0 Å². The summed E-state index contributed by atoms with van der Waals surface area (Å²) in [4.78, 5) is 52.1. The van der Waals surface area contributed by atoms with E-state index in [9.17, 15) is 14.4 Å². The van der Waals surface area contributed by atoms with E-state index in [-0.39, 0.29) is 34.7 Å². The third kappa shape index (κ3) is 5.98. The number of carbonyl (C=O) groups excluding carboxylic acids is 3. The molecule has 0 radical (unpaired) electrons. The lowest BCUT2D eigenvalue weighted by atomic mass is 9.77. The van der Waals surface area contributed by atoms with Crippen LogP contribution in [0.15, 0.2) is 86.3 Å². The zero-order chi connectivity index (χ0) is 30.6. The highest BCUT2D eigenvalue weighted by molar-refractivity contribution is 8.04. The maximum Gasteiger partial charge on any atom is 0.356 e. The molecule has 0 aliphatic carbocycles. The van der Waals surface area contributed by atoms with Crippen molar-refractivity contribution in [1.29, 1.82) is 0 Å². The molecular weight excluding hydrogens is 623 g/mol. The fourth-order valence-corrected chi connectivity index (χ4v) is 7.41. The first-order chi connectivity index (χ1) is 21.4. The zero-order valence-electron chi connectivity index (χ0n) is 23.2. The number of ether oxygens (including phenoxy) is 1. The van der Waals surface area contributed by atoms with E-state index in [2.05, 4.69) is 24.7 Å². The van der Waals surface area contributed by atoms with Crippen LogP contribution in [0.25, 0.3) is 0 Å². The van der Waals surface area contributed by atoms with Gasteiger partial charge in [-0.1, -0.05) is 88.9 Å². The average molecular weight is 648 g/mol. The van der Waals surface area contributed by atoms with Gasteiger partial charge < -0.3 is 20.2 Å². The number of Topliss-reactive ketones (excluding diaryl/α,β-unsaturated/α-hetero) is 1. The minimum absolute atomic E-state index is 0.0411. The van der Waals surface area contributed by atoms with Crippen molar-refractivity contribution in [3.63, 3.8) is 0 Å². The highest BCUT2D eigenvalue weighted by atomic mass is 32.2. The van der Waals surface area contributed by atoms with E-state index in [0.29, 0.717) is 22.1 Å². The Morgan fingerprint density at radius 2 is 1.84 bits per heavy atom. The molecule has 2 aromatic carbocycles. The van der Waals surface area contributed by atoms with E-state index in [4.69, 9.17) is 15.3 Å². The van der Waals surface area contributed by atoms with Crippen molar-refractivity contribution in [3.8, 4) is 0 Å². The average Bonchev–Trinajstić information content (AvgIpc) is 3.73. The first-order valence-electron chi connectivity index (χ1n) is 13.5. The summed E-state index contributed by atoms with van der Waals surface area (Å²) in [6.07, 6.45) is 0.170. The predicted octanol–water partition coefficient (Wildman–Crippen LogP) is 4.24. The molecule has 15 heteroatoms. The maximum atomic E-state index is 14.1. The number of allylic oxidation sites excluding steroid dienone is 1. The standard InChI is InChI=1S/C29H25N7O5S3/c1-40-34-22(25-32-28(30)44-35-25)20(37)14-18-19-12-13-21(43-29-33-31-15-42-29)23(36(19)26(18)38)27(39)41-24(16-8-4-2-5-9-16)17-10-6-3-7-11-17/h2-11,15,18-19,24H,12-14H2,1H3,(H2,30,32,35)/b34-22+/t18-,19+/m0/s1. The molecular formula is C29H25N7O5S3. The molecule has 2 N–H and O–H groups in total. The summed E-state index contributed by atoms with van der Waals surface area (Å²) in [5, 5.41) is 12.0. The van der Waals surface area contributed by atoms with Gasteiger partial charge >= 0.3 is 5.97 Å². The number of β-lactam (4-membered cyclic amide) rings is 1. The molecule has 1 amide bonds. The van der Waals surface area contributed by atoms with Gasteiger partial charge in [-0.25, -0.2) is 4.79 Å². The molecule has 2 aliphatic rings. The van der Waals surface area contributed by atoms with Crippen LogP contribution in [0.3, 0.4) is 0 Å². The number of hydrogen-bond acceptors (Lipinski definition) is 14. The Bertz CT molecular complexity index is 1690. The van der Waals surface area contributed by atoms with E-state index in [1.807, 2.05) is 60.7 Å². The van der Waals surface area contributed by atoms with Crippen LogP contribution >= 0.6 is 34.6 Å². The van der Waals surface area contributed by atoms with Crippen molar-refractivity contribution < 1.29 is 24.0 Å². The molecule has 0 bridgehead atoms. The zero-order valence-corrected chi connectivity index (χ0v) is 25.7. The third-order valence-corrected chi connectivity index (χ3v) is 9.67. The van der Waals surface area contributed by atoms with E-state index in [0.717, 1.165) is 22.7 Å². The second kappa shape index (κ2) is 13.0. The summed E-state index contributed by atoms with van der Waals surface area (Å²) in [7, 11) is 1.30. The number of carbonyl (C=O) groups is 3. The maximum absolute atomic E-state index is 14.1. The van der Waals surface area contributed by atoms with Crippen molar-refractivity contribution in [3.05, 3.63) is 93.7 Å². The number of thioether (sulfide) groups is 1. The van der Waals surface area contributed by atoms with Gasteiger partial charge in [0.15, 0.2) is 27.1 Å². The van der Waals surface area contributed by atoms with E-state index < -0.39 is 29.8 Å². The molecule has 2 aromatic heterocycles. The van der Waals surface area contributed by atoms with Gasteiger partial charge in [0, 0.05) is 28.9 Å². The molecule has 0 spiro atoms. The molecule has 6 rings (SSSR count). The summed E-state index contributed by atoms with van der Waals surface area (Å²) in [5.74, 6) is -2.09. The molecule has 2 atom stereocenters. The predicted molar refractivity (Wildman–Crippen MR) is 164 cm³/mol. The van der Waals surface area contributed by atoms with Crippen molar-refractivity contribution >= 4 is 63.1 Å². The minimum atomic E-state index is -0.704. The van der Waals surface area contributed by atoms with Gasteiger partial charge in [-0.15, -0.1) is 10.2 Å². The number of aromatic nitrogens is 4. The van der Waals surface area contributed by atoms with Gasteiger partial charge in [-0.05, 0) is 24.0 Å². The Kier molecular flexibility index (Phi) is 8.77. The number of benzene rings is 2. The van der Waals surface area contributed by atoms with Gasteiger partial charge in [0.1, 0.15) is 18.3 Å². The second-order valence-corrected chi connectivity index (χ2v) is 12.8. The number of amides is 1. The molecule has 4 heterocycles. The van der Waals surface area contributed by atoms with Crippen molar-refractivity contribution in [2.45, 2.75) is 35.7 Å². The van der Waals surface area contributed by atoms with Gasteiger partial charge in [-0.2, -0.15) is 9.36 Å². The fraction of sp³-hybridized carbons (Fsp3) is 0.241. The molecule has 1 saturated heterocycles. The minimum Gasteiger partial charge on any atom is -0.448 e. The van der Waals surface area contributed by atoms with Gasteiger partial charge in [0.2, 0.25) is 11.7 Å². The number of hydrogen-bond donors (Lipinski definition) is 1. The van der Waals surface area contributed by atoms with Crippen molar-refractivity contribution in [2.24, 2.45) is 11.1 Å². The molecule has 4 aromatic rings. The molecule has 44 heavy (non-hydrogen) atoms. The number of rotatable bonds is 11. The number of fused-ring (bicyclic) bond motifs is 1. The summed E-state index contributed by atoms with van der Waals surface area (Å²) >= 11 is 3.56. The number of nitrogens with zero attached hydrogens (tertiary/aromatic N) is 6. The highest BCUT2D eigenvalue weighted by Crippen LogP contribution is 2.47. The van der Waals surface area contributed by atoms with Gasteiger partial charge in [-0.3, -0.25) is 9.59 Å². The van der Waals surface area contributed by atoms with Crippen LogP contribution in [0, 0.1) is 5.92 Å². The van der Waals surface area contributed by atoms with Crippen molar-refractivity contribution in [1.82, 2.24) is 24.5 Å². The molecule has 1 fully saturated rings. The summed E-state index contributed by atoms with van der Waals surface area (Å²) in [5.41, 5.74) is 8.92. The Morgan fingerprint density at radius 1 is 1.14 bits per heavy atom. The fourth-order valence-electron chi connectivity index (χ4n) is 5.27. The largest absolute Gasteiger partial charge is 0.448 e. The van der Waals surface area contributed by atoms with Crippen LogP contribution in [-0.4, -0.2) is 61.0 Å². The van der Waals surface area contributed by atoms with Gasteiger partial charge in [0.05, 0.1) is 5.92 Å². The quantitative estimate of drug-likeness (QED) is 0.107. The second-order valence-electron chi connectivity index (χ2n) is 9.81.